The molecule has 0 aliphatic heterocycles. The van der Waals surface area contributed by atoms with Crippen LogP contribution in [-0.4, -0.2) is 37.2 Å². The second-order valence-corrected chi connectivity index (χ2v) is 19.6. The molecule has 0 aliphatic carbocycles. The second kappa shape index (κ2) is 56.0. The minimum Gasteiger partial charge on any atom is -0.462 e. The van der Waals surface area contributed by atoms with Crippen LogP contribution in [0.5, 0.6) is 0 Å². The summed E-state index contributed by atoms with van der Waals surface area (Å²) in [4.78, 5) is 38.2. The quantitative estimate of drug-likeness (QED) is 0.0262. The third kappa shape index (κ3) is 54.2. The van der Waals surface area contributed by atoms with Crippen LogP contribution in [0.1, 0.15) is 303 Å². The summed E-state index contributed by atoms with van der Waals surface area (Å²) in [5.41, 5.74) is 0. The van der Waals surface area contributed by atoms with E-state index in [0.717, 1.165) is 89.9 Å². The van der Waals surface area contributed by atoms with Crippen molar-refractivity contribution >= 4 is 17.9 Å². The minimum absolute atomic E-state index is 0.0771. The van der Waals surface area contributed by atoms with Gasteiger partial charge >= 0.3 is 17.9 Å². The number of carbonyl (C=O) groups is 3. The fourth-order valence-electron chi connectivity index (χ4n) is 8.39. The molecule has 0 saturated carbocycles. The Morgan fingerprint density at radius 3 is 0.851 bits per heavy atom. The molecular weight excluding hydrogens is 829 g/mol. The molecule has 0 spiro atoms. The summed E-state index contributed by atoms with van der Waals surface area (Å²) in [6.07, 6.45) is 68.1. The van der Waals surface area contributed by atoms with E-state index in [1.807, 2.05) is 0 Å². The van der Waals surface area contributed by atoms with Crippen LogP contribution < -0.4 is 0 Å². The standard InChI is InChI=1S/C61H110O6/c1-4-7-10-13-16-19-22-25-28-29-30-31-34-36-39-42-45-48-51-54-60(63)66-57-58(67-61(64)55-52-49-46-43-40-37-33-27-24-21-18-15-12-9-6-3)56-65-59(62)53-50-47-44-41-38-35-32-26-23-20-17-14-11-8-5-2/h16,18-19,21,25,27-28,33,58H,4-15,17,20,22-24,26,29-32,34-57H2,1-3H3/b19-16-,21-18-,28-25-,33-27-. The zero-order chi connectivity index (χ0) is 48.6. The Morgan fingerprint density at radius 2 is 0.537 bits per heavy atom. The van der Waals surface area contributed by atoms with E-state index in [1.165, 1.54) is 173 Å². The molecule has 0 bridgehead atoms. The lowest BCUT2D eigenvalue weighted by Gasteiger charge is -2.18. The molecule has 0 aromatic carbocycles. The van der Waals surface area contributed by atoms with Gasteiger partial charge in [-0.1, -0.05) is 249 Å². The van der Waals surface area contributed by atoms with Crippen molar-refractivity contribution in [3.63, 3.8) is 0 Å². The first-order valence-corrected chi connectivity index (χ1v) is 29.1. The molecule has 0 rings (SSSR count). The zero-order valence-corrected chi connectivity index (χ0v) is 44.7. The maximum atomic E-state index is 12.8. The lowest BCUT2D eigenvalue weighted by atomic mass is 10.0. The van der Waals surface area contributed by atoms with E-state index in [0.29, 0.717) is 19.3 Å². The van der Waals surface area contributed by atoms with Gasteiger partial charge in [0.15, 0.2) is 6.10 Å². The van der Waals surface area contributed by atoms with E-state index >= 15 is 0 Å². The van der Waals surface area contributed by atoms with Gasteiger partial charge in [0.1, 0.15) is 13.2 Å². The van der Waals surface area contributed by atoms with E-state index in [2.05, 4.69) is 69.4 Å². The summed E-state index contributed by atoms with van der Waals surface area (Å²) in [5.74, 6) is -0.880. The maximum absolute atomic E-state index is 12.8. The third-order valence-electron chi connectivity index (χ3n) is 12.8. The van der Waals surface area contributed by atoms with Crippen LogP contribution in [0.15, 0.2) is 48.6 Å². The zero-order valence-electron chi connectivity index (χ0n) is 44.7. The Morgan fingerprint density at radius 1 is 0.299 bits per heavy atom. The maximum Gasteiger partial charge on any atom is 0.306 e. The number of hydrogen-bond acceptors (Lipinski definition) is 6. The molecule has 1 unspecified atom stereocenters. The van der Waals surface area contributed by atoms with E-state index in [4.69, 9.17) is 14.2 Å². The van der Waals surface area contributed by atoms with Crippen molar-refractivity contribution in [3.8, 4) is 0 Å². The Balaban J connectivity index is 4.36. The largest absolute Gasteiger partial charge is 0.462 e. The summed E-state index contributed by atoms with van der Waals surface area (Å²) < 4.78 is 16.9. The smallest absolute Gasteiger partial charge is 0.306 e. The van der Waals surface area contributed by atoms with E-state index < -0.39 is 6.10 Å². The van der Waals surface area contributed by atoms with Crippen molar-refractivity contribution in [2.24, 2.45) is 0 Å². The first-order chi connectivity index (χ1) is 33.0. The van der Waals surface area contributed by atoms with Gasteiger partial charge in [-0.25, -0.2) is 0 Å². The Labute approximate surface area is 416 Å². The van der Waals surface area contributed by atoms with Gasteiger partial charge in [-0.2, -0.15) is 0 Å². The molecule has 0 saturated heterocycles. The minimum atomic E-state index is -0.780. The summed E-state index contributed by atoms with van der Waals surface area (Å²) in [6.45, 7) is 6.61. The summed E-state index contributed by atoms with van der Waals surface area (Å²) in [6, 6.07) is 0. The number of hydrogen-bond donors (Lipinski definition) is 0. The molecule has 0 radical (unpaired) electrons. The number of unbranched alkanes of at least 4 members (excludes halogenated alkanes) is 34. The van der Waals surface area contributed by atoms with Crippen LogP contribution in [0.3, 0.4) is 0 Å². The molecular formula is C61H110O6. The molecule has 0 amide bonds. The average molecular weight is 940 g/mol. The number of allylic oxidation sites excluding steroid dienone is 8. The van der Waals surface area contributed by atoms with Gasteiger partial charge in [-0.05, 0) is 83.5 Å². The SMILES string of the molecule is CCCCC/C=C\C/C=C\CCCCCCCCCCCC(=O)OCC(COC(=O)CCCCCCCCCCCCCCCCC)OC(=O)CCCCCCC/C=C\C/C=C\CCCCC. The molecule has 67 heavy (non-hydrogen) atoms. The first-order valence-electron chi connectivity index (χ1n) is 29.1. The number of esters is 3. The van der Waals surface area contributed by atoms with Gasteiger partial charge in [0.2, 0.25) is 0 Å². The highest BCUT2D eigenvalue weighted by atomic mass is 16.6. The van der Waals surface area contributed by atoms with Crippen molar-refractivity contribution < 1.29 is 28.6 Å². The highest BCUT2D eigenvalue weighted by molar-refractivity contribution is 5.71. The summed E-state index contributed by atoms with van der Waals surface area (Å²) >= 11 is 0. The van der Waals surface area contributed by atoms with Gasteiger partial charge in [-0.15, -0.1) is 0 Å². The fraction of sp³-hybridized carbons (Fsp3) is 0.820. The highest BCUT2D eigenvalue weighted by Gasteiger charge is 2.19. The van der Waals surface area contributed by atoms with Gasteiger partial charge in [-0.3, -0.25) is 14.4 Å². The van der Waals surface area contributed by atoms with Crippen molar-refractivity contribution in [2.75, 3.05) is 13.2 Å². The normalized spacial score (nSPS) is 12.3. The van der Waals surface area contributed by atoms with Crippen LogP contribution in [0.4, 0.5) is 0 Å². The van der Waals surface area contributed by atoms with E-state index in [9.17, 15) is 14.4 Å². The number of ether oxygens (including phenoxy) is 3. The fourth-order valence-corrected chi connectivity index (χ4v) is 8.39. The molecule has 6 heteroatoms. The van der Waals surface area contributed by atoms with Crippen LogP contribution in [0.25, 0.3) is 0 Å². The molecule has 0 aromatic heterocycles. The topological polar surface area (TPSA) is 78.9 Å². The summed E-state index contributed by atoms with van der Waals surface area (Å²) in [5, 5.41) is 0. The monoisotopic (exact) mass is 939 g/mol. The van der Waals surface area contributed by atoms with Crippen LogP contribution >= 0.6 is 0 Å². The number of rotatable bonds is 53. The molecule has 0 fully saturated rings. The van der Waals surface area contributed by atoms with Crippen molar-refractivity contribution in [2.45, 2.75) is 309 Å². The predicted molar refractivity (Wildman–Crippen MR) is 289 cm³/mol. The van der Waals surface area contributed by atoms with Crippen LogP contribution in [-0.2, 0) is 28.6 Å². The molecule has 0 N–H and O–H groups in total. The number of carbonyl (C=O) groups excluding carboxylic acids is 3. The molecule has 390 valence electrons. The van der Waals surface area contributed by atoms with Crippen LogP contribution in [0.2, 0.25) is 0 Å². The van der Waals surface area contributed by atoms with E-state index in [-0.39, 0.29) is 31.1 Å². The lowest BCUT2D eigenvalue weighted by molar-refractivity contribution is -0.167. The molecule has 0 aromatic rings. The molecule has 6 nitrogen and oxygen atoms in total. The lowest BCUT2D eigenvalue weighted by Crippen LogP contribution is -2.30. The highest BCUT2D eigenvalue weighted by Crippen LogP contribution is 2.16. The Bertz CT molecular complexity index is 1170. The van der Waals surface area contributed by atoms with Crippen molar-refractivity contribution in [1.29, 1.82) is 0 Å². The van der Waals surface area contributed by atoms with Gasteiger partial charge in [0, 0.05) is 19.3 Å². The molecule has 0 aliphatic rings. The van der Waals surface area contributed by atoms with Crippen LogP contribution in [0, 0.1) is 0 Å². The second-order valence-electron chi connectivity index (χ2n) is 19.6. The van der Waals surface area contributed by atoms with Crippen molar-refractivity contribution in [3.05, 3.63) is 48.6 Å². The predicted octanol–water partition coefficient (Wildman–Crippen LogP) is 19.4. The molecule has 0 heterocycles. The van der Waals surface area contributed by atoms with E-state index in [1.54, 1.807) is 0 Å². The van der Waals surface area contributed by atoms with Gasteiger partial charge in [0.25, 0.3) is 0 Å². The third-order valence-corrected chi connectivity index (χ3v) is 12.8. The Kier molecular flexibility index (Phi) is 53.8. The molecule has 1 atom stereocenters. The Hall–Kier alpha value is -2.63. The van der Waals surface area contributed by atoms with Crippen molar-refractivity contribution in [1.82, 2.24) is 0 Å². The average Bonchev–Trinajstić information content (AvgIpc) is 3.33. The van der Waals surface area contributed by atoms with Gasteiger partial charge < -0.3 is 14.2 Å². The summed E-state index contributed by atoms with van der Waals surface area (Å²) in [7, 11) is 0. The van der Waals surface area contributed by atoms with Gasteiger partial charge in [0.05, 0.1) is 0 Å². The first kappa shape index (κ1) is 64.4.